The van der Waals surface area contributed by atoms with Gasteiger partial charge in [0, 0.05) is 5.56 Å². The molecule has 6 nitrogen and oxygen atoms in total. The van der Waals surface area contributed by atoms with Crippen LogP contribution in [0.5, 0.6) is 17.2 Å². The molecular weight excluding hydrogens is 350 g/mol. The summed E-state index contributed by atoms with van der Waals surface area (Å²) in [6.45, 7) is 4.15. The van der Waals surface area contributed by atoms with Gasteiger partial charge in [-0.05, 0) is 61.5 Å². The highest BCUT2D eigenvalue weighted by atomic mass is 32.1. The van der Waals surface area contributed by atoms with Crippen LogP contribution in [-0.4, -0.2) is 36.1 Å². The second-order valence-electron chi connectivity index (χ2n) is 5.87. The van der Waals surface area contributed by atoms with Gasteiger partial charge in [-0.3, -0.25) is 9.67 Å². The molecule has 136 valence electrons. The molecule has 0 saturated heterocycles. The highest BCUT2D eigenvalue weighted by Crippen LogP contribution is 2.41. The number of aryl methyl sites for hydroxylation is 2. The molecule has 0 amide bonds. The second kappa shape index (κ2) is 7.21. The van der Waals surface area contributed by atoms with Crippen LogP contribution in [0.3, 0.4) is 0 Å². The minimum atomic E-state index is 0.511. The first-order valence-corrected chi connectivity index (χ1v) is 8.46. The summed E-state index contributed by atoms with van der Waals surface area (Å²) in [5.74, 6) is 2.31. The first-order valence-electron chi connectivity index (χ1n) is 8.05. The maximum Gasteiger partial charge on any atom is 0.203 e. The first-order chi connectivity index (χ1) is 12.5. The van der Waals surface area contributed by atoms with Crippen LogP contribution in [0.1, 0.15) is 11.1 Å². The van der Waals surface area contributed by atoms with E-state index in [2.05, 4.69) is 36.2 Å². The lowest BCUT2D eigenvalue weighted by molar-refractivity contribution is 0.324. The Kier molecular flexibility index (Phi) is 4.99. The molecule has 0 saturated carbocycles. The van der Waals surface area contributed by atoms with Crippen LogP contribution in [0.2, 0.25) is 0 Å². The van der Waals surface area contributed by atoms with Gasteiger partial charge < -0.3 is 14.2 Å². The maximum atomic E-state index is 5.46. The fourth-order valence-corrected chi connectivity index (χ4v) is 3.04. The van der Waals surface area contributed by atoms with E-state index in [1.165, 1.54) is 11.1 Å². The molecule has 0 aliphatic rings. The molecule has 0 atom stereocenters. The summed E-state index contributed by atoms with van der Waals surface area (Å²) in [7, 11) is 4.74. The standard InChI is InChI=1S/C19H21N3O3S/c1-11-6-7-14(8-12(11)2)22-18(20-21-19(22)26)13-9-15(23-3)17(25-5)16(10-13)24-4/h6-10H,1-5H3,(H,21,26). The number of rotatable bonds is 5. The number of aromatic nitrogens is 3. The monoisotopic (exact) mass is 371 g/mol. The summed E-state index contributed by atoms with van der Waals surface area (Å²) >= 11 is 5.46. The van der Waals surface area contributed by atoms with E-state index in [9.17, 15) is 0 Å². The fraction of sp³-hybridized carbons (Fsp3) is 0.263. The van der Waals surface area contributed by atoms with Crippen LogP contribution in [0.15, 0.2) is 30.3 Å². The van der Waals surface area contributed by atoms with Gasteiger partial charge in [0.2, 0.25) is 5.75 Å². The van der Waals surface area contributed by atoms with Gasteiger partial charge in [0.25, 0.3) is 0 Å². The minimum absolute atomic E-state index is 0.511. The average molecular weight is 371 g/mol. The molecule has 0 aliphatic carbocycles. The molecule has 3 rings (SSSR count). The summed E-state index contributed by atoms with van der Waals surface area (Å²) in [5, 5.41) is 7.29. The van der Waals surface area contributed by atoms with Crippen molar-refractivity contribution in [2.75, 3.05) is 21.3 Å². The lowest BCUT2D eigenvalue weighted by atomic mass is 10.1. The van der Waals surface area contributed by atoms with Crippen LogP contribution in [0, 0.1) is 18.6 Å². The predicted octanol–water partition coefficient (Wildman–Crippen LogP) is 4.24. The summed E-state index contributed by atoms with van der Waals surface area (Å²) in [6.07, 6.45) is 0. The van der Waals surface area contributed by atoms with E-state index >= 15 is 0 Å². The lowest BCUT2D eigenvalue weighted by Crippen LogP contribution is -2.01. The van der Waals surface area contributed by atoms with Gasteiger partial charge in [-0.2, -0.15) is 5.10 Å². The Morgan fingerprint density at radius 3 is 2.12 bits per heavy atom. The summed E-state index contributed by atoms with van der Waals surface area (Å²) < 4.78 is 18.7. The number of hydrogen-bond acceptors (Lipinski definition) is 5. The molecule has 3 aromatic rings. The van der Waals surface area contributed by atoms with Crippen LogP contribution in [0.25, 0.3) is 17.1 Å². The molecule has 2 aromatic carbocycles. The zero-order valence-corrected chi connectivity index (χ0v) is 16.2. The molecule has 1 heterocycles. The number of benzene rings is 2. The van der Waals surface area contributed by atoms with Crippen molar-refractivity contribution in [2.24, 2.45) is 0 Å². The number of nitrogens with zero attached hydrogens (tertiary/aromatic N) is 2. The Balaban J connectivity index is 2.23. The molecule has 26 heavy (non-hydrogen) atoms. The summed E-state index contributed by atoms with van der Waals surface area (Å²) in [5.41, 5.74) is 4.14. The molecule has 0 fully saturated rings. The highest BCUT2D eigenvalue weighted by molar-refractivity contribution is 7.71. The van der Waals surface area contributed by atoms with E-state index in [1.54, 1.807) is 21.3 Å². The number of H-pyrrole nitrogens is 1. The van der Waals surface area contributed by atoms with Crippen molar-refractivity contribution in [1.82, 2.24) is 14.8 Å². The van der Waals surface area contributed by atoms with E-state index in [0.717, 1.165) is 11.3 Å². The fourth-order valence-electron chi connectivity index (χ4n) is 2.81. The van der Waals surface area contributed by atoms with Gasteiger partial charge in [0.15, 0.2) is 22.1 Å². The van der Waals surface area contributed by atoms with Crippen molar-refractivity contribution in [2.45, 2.75) is 13.8 Å². The van der Waals surface area contributed by atoms with E-state index in [1.807, 2.05) is 22.8 Å². The van der Waals surface area contributed by atoms with Crippen LogP contribution in [0.4, 0.5) is 0 Å². The Hall–Kier alpha value is -2.80. The lowest BCUT2D eigenvalue weighted by Gasteiger charge is -2.15. The van der Waals surface area contributed by atoms with Gasteiger partial charge >= 0.3 is 0 Å². The molecule has 7 heteroatoms. The smallest absolute Gasteiger partial charge is 0.203 e. The van der Waals surface area contributed by atoms with E-state index < -0.39 is 0 Å². The normalized spacial score (nSPS) is 10.7. The third-order valence-electron chi connectivity index (χ3n) is 4.34. The van der Waals surface area contributed by atoms with Crippen molar-refractivity contribution >= 4 is 12.2 Å². The van der Waals surface area contributed by atoms with Crippen LogP contribution in [-0.2, 0) is 0 Å². The van der Waals surface area contributed by atoms with Gasteiger partial charge in [-0.15, -0.1) is 0 Å². The molecular formula is C19H21N3O3S. The van der Waals surface area contributed by atoms with Gasteiger partial charge in [0.05, 0.1) is 27.0 Å². The van der Waals surface area contributed by atoms with Gasteiger partial charge in [0.1, 0.15) is 0 Å². The Morgan fingerprint density at radius 1 is 0.923 bits per heavy atom. The molecule has 1 N–H and O–H groups in total. The summed E-state index contributed by atoms with van der Waals surface area (Å²) in [6, 6.07) is 9.88. The van der Waals surface area contributed by atoms with Crippen molar-refractivity contribution < 1.29 is 14.2 Å². The molecule has 0 spiro atoms. The second-order valence-corrected chi connectivity index (χ2v) is 6.26. The largest absolute Gasteiger partial charge is 0.493 e. The Morgan fingerprint density at radius 2 is 1.58 bits per heavy atom. The first kappa shape index (κ1) is 18.0. The zero-order valence-electron chi connectivity index (χ0n) is 15.4. The third kappa shape index (κ3) is 3.06. The Bertz CT molecular complexity index is 982. The van der Waals surface area contributed by atoms with E-state index in [0.29, 0.717) is 27.8 Å². The molecule has 0 bridgehead atoms. The zero-order chi connectivity index (χ0) is 18.8. The van der Waals surface area contributed by atoms with Crippen LogP contribution >= 0.6 is 12.2 Å². The third-order valence-corrected chi connectivity index (χ3v) is 4.62. The number of methoxy groups -OCH3 is 3. The van der Waals surface area contributed by atoms with Crippen molar-refractivity contribution in [3.8, 4) is 34.3 Å². The van der Waals surface area contributed by atoms with Gasteiger partial charge in [-0.1, -0.05) is 6.07 Å². The van der Waals surface area contributed by atoms with E-state index in [-0.39, 0.29) is 0 Å². The SMILES string of the molecule is COc1cc(-c2n[nH]c(=S)n2-c2ccc(C)c(C)c2)cc(OC)c1OC. The van der Waals surface area contributed by atoms with Crippen LogP contribution < -0.4 is 14.2 Å². The van der Waals surface area contributed by atoms with E-state index in [4.69, 9.17) is 26.4 Å². The van der Waals surface area contributed by atoms with Crippen molar-refractivity contribution in [1.29, 1.82) is 0 Å². The topological polar surface area (TPSA) is 61.3 Å². The van der Waals surface area contributed by atoms with Crippen molar-refractivity contribution in [3.63, 3.8) is 0 Å². The Labute approximate surface area is 157 Å². The number of nitrogens with one attached hydrogen (secondary N) is 1. The highest BCUT2D eigenvalue weighted by Gasteiger charge is 2.18. The molecule has 0 radical (unpaired) electrons. The minimum Gasteiger partial charge on any atom is -0.493 e. The van der Waals surface area contributed by atoms with Crippen molar-refractivity contribution in [3.05, 3.63) is 46.2 Å². The molecule has 0 unspecified atom stereocenters. The predicted molar refractivity (Wildman–Crippen MR) is 103 cm³/mol. The maximum absolute atomic E-state index is 5.46. The number of aromatic amines is 1. The van der Waals surface area contributed by atoms with Gasteiger partial charge in [-0.25, -0.2) is 0 Å². The number of hydrogen-bond donors (Lipinski definition) is 1. The molecule has 1 aromatic heterocycles. The average Bonchev–Trinajstić information content (AvgIpc) is 3.04. The quantitative estimate of drug-likeness (QED) is 0.680. The summed E-state index contributed by atoms with van der Waals surface area (Å²) in [4.78, 5) is 0. The molecule has 0 aliphatic heterocycles. The number of ether oxygens (including phenoxy) is 3.